The van der Waals surface area contributed by atoms with Gasteiger partial charge in [0.2, 0.25) is 5.95 Å². The molecule has 0 atom stereocenters. The first kappa shape index (κ1) is 22.2. The van der Waals surface area contributed by atoms with Gasteiger partial charge in [0.05, 0.1) is 5.52 Å². The lowest BCUT2D eigenvalue weighted by Crippen LogP contribution is -2.31. The van der Waals surface area contributed by atoms with Crippen molar-refractivity contribution in [2.24, 2.45) is 5.92 Å². The van der Waals surface area contributed by atoms with Crippen LogP contribution in [-0.4, -0.2) is 36.6 Å². The number of anilines is 2. The number of rotatable bonds is 7. The lowest BCUT2D eigenvalue weighted by molar-refractivity contribution is 0.323. The van der Waals surface area contributed by atoms with Crippen molar-refractivity contribution in [3.05, 3.63) is 57.4 Å². The minimum absolute atomic E-state index is 0.125. The van der Waals surface area contributed by atoms with Crippen molar-refractivity contribution in [2.75, 3.05) is 30.9 Å². The maximum Gasteiger partial charge on any atom is 0.225 e. The van der Waals surface area contributed by atoms with Crippen LogP contribution >= 0.6 is 22.6 Å². The molecule has 0 bridgehead atoms. The van der Waals surface area contributed by atoms with Crippen molar-refractivity contribution in [3.8, 4) is 0 Å². The van der Waals surface area contributed by atoms with Gasteiger partial charge in [-0.3, -0.25) is 0 Å². The van der Waals surface area contributed by atoms with Crippen LogP contribution in [0.4, 0.5) is 16.2 Å². The summed E-state index contributed by atoms with van der Waals surface area (Å²) in [5.74, 6) is 2.14. The summed E-state index contributed by atoms with van der Waals surface area (Å²) in [6.45, 7) is 1.51. The van der Waals surface area contributed by atoms with Crippen molar-refractivity contribution in [1.82, 2.24) is 15.3 Å². The number of aromatic nitrogens is 2. The van der Waals surface area contributed by atoms with E-state index in [2.05, 4.69) is 39.3 Å². The van der Waals surface area contributed by atoms with Crippen LogP contribution in [0.15, 0.2) is 42.5 Å². The van der Waals surface area contributed by atoms with Crippen LogP contribution in [0.25, 0.3) is 10.9 Å². The molecule has 31 heavy (non-hydrogen) atoms. The molecule has 0 saturated heterocycles. The zero-order valence-electron chi connectivity index (χ0n) is 18.0. The standard InChI is InChI=1S/C24H29FIN5/c1-31(2)23-20-5-3-4-6-22(20)29-24(30-23)28-19-11-7-16(8-12-19)14-27-15-17-9-10-18(26)13-21(17)25/h3-6,9-10,13,16,19,27H,7-8,11-12,14-15H2,1-2H3,(H,28,29,30). The molecular weight excluding hydrogens is 504 g/mol. The Labute approximate surface area is 197 Å². The highest BCUT2D eigenvalue weighted by Crippen LogP contribution is 2.28. The number of fused-ring (bicyclic) bond motifs is 1. The molecule has 0 aliphatic heterocycles. The molecule has 1 aromatic heterocycles. The Morgan fingerprint density at radius 3 is 2.58 bits per heavy atom. The van der Waals surface area contributed by atoms with E-state index in [0.29, 0.717) is 24.5 Å². The molecule has 164 valence electrons. The fourth-order valence-electron chi connectivity index (χ4n) is 4.23. The second-order valence-electron chi connectivity index (χ2n) is 8.51. The quantitative estimate of drug-likeness (QED) is 0.409. The van der Waals surface area contributed by atoms with Crippen LogP contribution in [0, 0.1) is 15.3 Å². The van der Waals surface area contributed by atoms with E-state index >= 15 is 0 Å². The molecule has 1 saturated carbocycles. The first-order valence-corrected chi connectivity index (χ1v) is 11.9. The highest BCUT2D eigenvalue weighted by Gasteiger charge is 2.22. The number of hydrogen-bond acceptors (Lipinski definition) is 5. The van der Waals surface area contributed by atoms with Gasteiger partial charge in [0, 0.05) is 41.2 Å². The third-order valence-electron chi connectivity index (χ3n) is 5.95. The molecule has 3 aromatic rings. The Kier molecular flexibility index (Phi) is 7.22. The normalized spacial score (nSPS) is 18.8. The third-order valence-corrected chi connectivity index (χ3v) is 6.62. The SMILES string of the molecule is CN(C)c1nc(NC2CCC(CNCc3ccc(I)cc3F)CC2)nc2ccccc12. The Balaban J connectivity index is 1.29. The Morgan fingerprint density at radius 2 is 1.84 bits per heavy atom. The molecule has 5 nitrogen and oxygen atoms in total. The van der Waals surface area contributed by atoms with Gasteiger partial charge in [-0.05, 0) is 85.0 Å². The molecule has 2 N–H and O–H groups in total. The maximum absolute atomic E-state index is 14.0. The molecule has 1 aliphatic rings. The Hall–Kier alpha value is -2.00. The monoisotopic (exact) mass is 533 g/mol. The summed E-state index contributed by atoms with van der Waals surface area (Å²) in [5.41, 5.74) is 1.70. The minimum Gasteiger partial charge on any atom is -0.362 e. The Bertz CT molecular complexity index is 1030. The van der Waals surface area contributed by atoms with Crippen LogP contribution < -0.4 is 15.5 Å². The second kappa shape index (κ2) is 10.1. The number of para-hydroxylation sites is 1. The van der Waals surface area contributed by atoms with Gasteiger partial charge in [-0.1, -0.05) is 18.2 Å². The molecule has 0 unspecified atom stereocenters. The molecule has 0 radical (unpaired) electrons. The van der Waals surface area contributed by atoms with Gasteiger partial charge in [-0.25, -0.2) is 9.37 Å². The lowest BCUT2D eigenvalue weighted by Gasteiger charge is -2.29. The van der Waals surface area contributed by atoms with Crippen LogP contribution in [0.3, 0.4) is 0 Å². The van der Waals surface area contributed by atoms with E-state index in [-0.39, 0.29) is 5.82 Å². The van der Waals surface area contributed by atoms with Gasteiger partial charge in [-0.2, -0.15) is 4.98 Å². The van der Waals surface area contributed by atoms with Gasteiger partial charge in [0.1, 0.15) is 11.6 Å². The molecule has 0 amide bonds. The van der Waals surface area contributed by atoms with Gasteiger partial charge < -0.3 is 15.5 Å². The van der Waals surface area contributed by atoms with E-state index < -0.39 is 0 Å². The molecule has 0 spiro atoms. The molecule has 2 aromatic carbocycles. The molecule has 1 fully saturated rings. The highest BCUT2D eigenvalue weighted by atomic mass is 127. The summed E-state index contributed by atoms with van der Waals surface area (Å²) in [4.78, 5) is 11.5. The van der Waals surface area contributed by atoms with E-state index in [4.69, 9.17) is 9.97 Å². The van der Waals surface area contributed by atoms with E-state index in [0.717, 1.165) is 58.1 Å². The number of hydrogen-bond donors (Lipinski definition) is 2. The molecule has 1 heterocycles. The van der Waals surface area contributed by atoms with Crippen LogP contribution in [0.1, 0.15) is 31.2 Å². The number of benzene rings is 2. The second-order valence-corrected chi connectivity index (χ2v) is 9.76. The van der Waals surface area contributed by atoms with E-state index in [1.165, 1.54) is 0 Å². The third kappa shape index (κ3) is 5.63. The van der Waals surface area contributed by atoms with Crippen LogP contribution in [-0.2, 0) is 6.54 Å². The fraction of sp³-hybridized carbons (Fsp3) is 0.417. The van der Waals surface area contributed by atoms with Crippen molar-refractivity contribution in [1.29, 1.82) is 0 Å². The largest absolute Gasteiger partial charge is 0.362 e. The maximum atomic E-state index is 14.0. The fourth-order valence-corrected chi connectivity index (χ4v) is 4.69. The molecular formula is C24H29FIN5. The first-order valence-electron chi connectivity index (χ1n) is 10.8. The highest BCUT2D eigenvalue weighted by molar-refractivity contribution is 14.1. The number of nitrogens with one attached hydrogen (secondary N) is 2. The summed E-state index contributed by atoms with van der Waals surface area (Å²) in [6.07, 6.45) is 4.48. The van der Waals surface area contributed by atoms with Gasteiger partial charge in [0.25, 0.3) is 0 Å². The predicted molar refractivity (Wildman–Crippen MR) is 134 cm³/mol. The van der Waals surface area contributed by atoms with E-state index in [1.807, 2.05) is 49.3 Å². The van der Waals surface area contributed by atoms with Crippen molar-refractivity contribution >= 4 is 45.3 Å². The van der Waals surface area contributed by atoms with Gasteiger partial charge in [0.15, 0.2) is 0 Å². The van der Waals surface area contributed by atoms with E-state index in [1.54, 1.807) is 6.07 Å². The smallest absolute Gasteiger partial charge is 0.225 e. The number of nitrogens with zero attached hydrogens (tertiary/aromatic N) is 3. The summed E-state index contributed by atoms with van der Waals surface area (Å²) < 4.78 is 14.9. The van der Waals surface area contributed by atoms with Crippen LogP contribution in [0.2, 0.25) is 0 Å². The van der Waals surface area contributed by atoms with Crippen molar-refractivity contribution in [3.63, 3.8) is 0 Å². The molecule has 4 rings (SSSR count). The average molecular weight is 533 g/mol. The van der Waals surface area contributed by atoms with Crippen LogP contribution in [0.5, 0.6) is 0 Å². The summed E-state index contributed by atoms with van der Waals surface area (Å²) in [7, 11) is 4.03. The van der Waals surface area contributed by atoms with Crippen molar-refractivity contribution < 1.29 is 4.39 Å². The summed E-state index contributed by atoms with van der Waals surface area (Å²) in [6, 6.07) is 13.9. The topological polar surface area (TPSA) is 53.1 Å². The lowest BCUT2D eigenvalue weighted by atomic mass is 9.86. The summed E-state index contributed by atoms with van der Waals surface area (Å²) >= 11 is 2.14. The van der Waals surface area contributed by atoms with Gasteiger partial charge in [-0.15, -0.1) is 0 Å². The van der Waals surface area contributed by atoms with Gasteiger partial charge >= 0.3 is 0 Å². The van der Waals surface area contributed by atoms with Crippen molar-refractivity contribution in [2.45, 2.75) is 38.3 Å². The average Bonchev–Trinajstić information content (AvgIpc) is 2.76. The predicted octanol–water partition coefficient (Wildman–Crippen LogP) is 5.20. The zero-order valence-corrected chi connectivity index (χ0v) is 20.2. The minimum atomic E-state index is -0.125. The first-order chi connectivity index (χ1) is 15.0. The molecule has 1 aliphatic carbocycles. The Morgan fingerprint density at radius 1 is 1.06 bits per heavy atom. The number of halogens is 2. The summed E-state index contributed by atoms with van der Waals surface area (Å²) in [5, 5.41) is 8.07. The molecule has 7 heteroatoms. The zero-order chi connectivity index (χ0) is 21.8. The van der Waals surface area contributed by atoms with E-state index in [9.17, 15) is 4.39 Å².